The van der Waals surface area contributed by atoms with Crippen LogP contribution in [-0.4, -0.2) is 37.3 Å². The van der Waals surface area contributed by atoms with Crippen LogP contribution in [-0.2, 0) is 14.3 Å². The van der Waals surface area contributed by atoms with Gasteiger partial charge in [0.05, 0.1) is 12.7 Å². The van der Waals surface area contributed by atoms with E-state index in [1.807, 2.05) is 18.2 Å². The van der Waals surface area contributed by atoms with Crippen molar-refractivity contribution in [1.29, 1.82) is 5.41 Å². The van der Waals surface area contributed by atoms with Crippen molar-refractivity contribution < 1.29 is 14.3 Å². The first kappa shape index (κ1) is 22.0. The number of aliphatic imine (C=N–C) groups is 1. The van der Waals surface area contributed by atoms with Gasteiger partial charge in [-0.25, -0.2) is 9.79 Å². The van der Waals surface area contributed by atoms with Gasteiger partial charge in [-0.2, -0.15) is 0 Å². The molecule has 0 aliphatic rings. The van der Waals surface area contributed by atoms with E-state index in [0.717, 1.165) is 12.8 Å². The van der Waals surface area contributed by atoms with Crippen molar-refractivity contribution in [2.75, 3.05) is 13.2 Å². The Morgan fingerprint density at radius 2 is 1.92 bits per heavy atom. The van der Waals surface area contributed by atoms with Gasteiger partial charge >= 0.3 is 5.97 Å². The molecule has 0 bridgehead atoms. The van der Waals surface area contributed by atoms with Crippen LogP contribution in [0.15, 0.2) is 35.3 Å². The van der Waals surface area contributed by atoms with Gasteiger partial charge in [0.1, 0.15) is 0 Å². The fourth-order valence-electron chi connectivity index (χ4n) is 2.36. The standard InChI is InChI=1S/C21H32N2O3/c1-6-25-20(24)19(22)23-15-18(26-13-12-21(3,4)5)14-16(2)17-10-8-7-9-11-17/h7-11,15-16,18,22H,6,12-14H2,1-5H3/b22-19?,23-15+/t16-,18-/m0/s1. The Bertz CT molecular complexity index is 591. The second-order valence-electron chi connectivity index (χ2n) is 7.61. The average Bonchev–Trinajstić information content (AvgIpc) is 2.59. The lowest BCUT2D eigenvalue weighted by atomic mass is 9.92. The number of rotatable bonds is 8. The molecule has 1 N–H and O–H groups in total. The monoisotopic (exact) mass is 360 g/mol. The van der Waals surface area contributed by atoms with Gasteiger partial charge in [0.15, 0.2) is 0 Å². The summed E-state index contributed by atoms with van der Waals surface area (Å²) < 4.78 is 10.8. The SMILES string of the molecule is CCOC(=O)C(=N)/N=C/[C@H](C[C@H](C)c1ccccc1)OCCC(C)(C)C. The summed E-state index contributed by atoms with van der Waals surface area (Å²) in [5.74, 6) is -0.837. The lowest BCUT2D eigenvalue weighted by molar-refractivity contribution is -0.135. The molecule has 26 heavy (non-hydrogen) atoms. The quantitative estimate of drug-likeness (QED) is 0.418. The molecule has 5 heteroatoms. The molecule has 0 saturated heterocycles. The molecule has 5 nitrogen and oxygen atoms in total. The van der Waals surface area contributed by atoms with Crippen molar-refractivity contribution in [1.82, 2.24) is 0 Å². The summed E-state index contributed by atoms with van der Waals surface area (Å²) >= 11 is 0. The Labute approximate surface area is 157 Å². The van der Waals surface area contributed by atoms with E-state index in [9.17, 15) is 4.79 Å². The van der Waals surface area contributed by atoms with Crippen molar-refractivity contribution >= 4 is 18.0 Å². The Morgan fingerprint density at radius 3 is 2.50 bits per heavy atom. The molecule has 0 fully saturated rings. The molecular formula is C21H32N2O3. The van der Waals surface area contributed by atoms with Crippen LogP contribution in [0.2, 0.25) is 0 Å². The second-order valence-corrected chi connectivity index (χ2v) is 7.61. The molecule has 1 aromatic rings. The maximum Gasteiger partial charge on any atom is 0.375 e. The second kappa shape index (κ2) is 10.9. The summed E-state index contributed by atoms with van der Waals surface area (Å²) in [5, 5.41) is 7.69. The van der Waals surface area contributed by atoms with Crippen LogP contribution < -0.4 is 0 Å². The molecular weight excluding hydrogens is 328 g/mol. The van der Waals surface area contributed by atoms with Crippen molar-refractivity contribution in [3.8, 4) is 0 Å². The smallest absolute Gasteiger partial charge is 0.375 e. The van der Waals surface area contributed by atoms with Gasteiger partial charge in [-0.05, 0) is 36.7 Å². The molecule has 0 radical (unpaired) electrons. The van der Waals surface area contributed by atoms with E-state index in [1.165, 1.54) is 5.56 Å². The normalized spacial score (nSPS) is 14.2. The predicted molar refractivity (Wildman–Crippen MR) is 106 cm³/mol. The third-order valence-electron chi connectivity index (χ3n) is 3.98. The van der Waals surface area contributed by atoms with E-state index >= 15 is 0 Å². The topological polar surface area (TPSA) is 71.7 Å². The molecule has 0 unspecified atom stereocenters. The first-order valence-corrected chi connectivity index (χ1v) is 9.19. The molecule has 0 aliphatic heterocycles. The number of nitrogens with one attached hydrogen (secondary N) is 1. The number of hydrogen-bond donors (Lipinski definition) is 1. The molecule has 1 aromatic carbocycles. The zero-order valence-corrected chi connectivity index (χ0v) is 16.6. The molecule has 0 amide bonds. The largest absolute Gasteiger partial charge is 0.460 e. The minimum Gasteiger partial charge on any atom is -0.460 e. The van der Waals surface area contributed by atoms with Crippen LogP contribution in [0.25, 0.3) is 0 Å². The molecule has 0 aliphatic carbocycles. The van der Waals surface area contributed by atoms with E-state index in [2.05, 4.69) is 44.8 Å². The van der Waals surface area contributed by atoms with E-state index in [-0.39, 0.29) is 24.0 Å². The van der Waals surface area contributed by atoms with Crippen LogP contribution in [0, 0.1) is 10.8 Å². The molecule has 1 rings (SSSR count). The Morgan fingerprint density at radius 1 is 1.27 bits per heavy atom. The third kappa shape index (κ3) is 8.90. The summed E-state index contributed by atoms with van der Waals surface area (Å²) in [6.07, 6.45) is 2.95. The lowest BCUT2D eigenvalue weighted by Crippen LogP contribution is -2.22. The highest BCUT2D eigenvalue weighted by molar-refractivity contribution is 6.35. The van der Waals surface area contributed by atoms with Crippen LogP contribution in [0.3, 0.4) is 0 Å². The molecule has 2 atom stereocenters. The van der Waals surface area contributed by atoms with Crippen LogP contribution in [0.4, 0.5) is 0 Å². The molecule has 0 spiro atoms. The van der Waals surface area contributed by atoms with Crippen molar-refractivity contribution in [3.63, 3.8) is 0 Å². The van der Waals surface area contributed by atoms with Crippen LogP contribution in [0.5, 0.6) is 0 Å². The third-order valence-corrected chi connectivity index (χ3v) is 3.98. The highest BCUT2D eigenvalue weighted by atomic mass is 16.5. The van der Waals surface area contributed by atoms with Crippen molar-refractivity contribution in [2.45, 2.75) is 59.5 Å². The van der Waals surface area contributed by atoms with Gasteiger partial charge in [0.25, 0.3) is 0 Å². The van der Waals surface area contributed by atoms with Gasteiger partial charge in [-0.1, -0.05) is 58.0 Å². The van der Waals surface area contributed by atoms with Gasteiger partial charge in [-0.15, -0.1) is 0 Å². The summed E-state index contributed by atoms with van der Waals surface area (Å²) in [7, 11) is 0. The van der Waals surface area contributed by atoms with Crippen LogP contribution >= 0.6 is 0 Å². The number of carbonyl (C=O) groups excluding carboxylic acids is 1. The maximum absolute atomic E-state index is 11.5. The number of benzene rings is 1. The summed E-state index contributed by atoms with van der Waals surface area (Å²) in [6, 6.07) is 10.2. The average molecular weight is 360 g/mol. The highest BCUT2D eigenvalue weighted by Crippen LogP contribution is 2.23. The fourth-order valence-corrected chi connectivity index (χ4v) is 2.36. The van der Waals surface area contributed by atoms with E-state index in [1.54, 1.807) is 13.1 Å². The highest BCUT2D eigenvalue weighted by Gasteiger charge is 2.17. The molecule has 144 valence electrons. The zero-order chi connectivity index (χ0) is 19.6. The molecule has 0 heterocycles. The first-order valence-electron chi connectivity index (χ1n) is 9.19. The summed E-state index contributed by atoms with van der Waals surface area (Å²) in [6.45, 7) is 11.2. The van der Waals surface area contributed by atoms with Crippen LogP contribution in [0.1, 0.15) is 58.9 Å². The maximum atomic E-state index is 11.5. The number of amidine groups is 1. The van der Waals surface area contributed by atoms with Crippen molar-refractivity contribution in [2.24, 2.45) is 10.4 Å². The van der Waals surface area contributed by atoms with E-state index in [0.29, 0.717) is 6.61 Å². The number of hydrogen-bond acceptors (Lipinski definition) is 4. The van der Waals surface area contributed by atoms with Crippen molar-refractivity contribution in [3.05, 3.63) is 35.9 Å². The van der Waals surface area contributed by atoms with Gasteiger partial charge in [0, 0.05) is 12.8 Å². The van der Waals surface area contributed by atoms with Gasteiger partial charge in [0.2, 0.25) is 5.84 Å². The Hall–Kier alpha value is -2.01. The molecule has 0 saturated carbocycles. The fraction of sp³-hybridized carbons (Fsp3) is 0.571. The first-order chi connectivity index (χ1) is 12.2. The van der Waals surface area contributed by atoms with E-state index < -0.39 is 11.8 Å². The van der Waals surface area contributed by atoms with Gasteiger partial charge < -0.3 is 9.47 Å². The zero-order valence-electron chi connectivity index (χ0n) is 16.6. The number of ether oxygens (including phenoxy) is 2. The number of nitrogens with zero attached hydrogens (tertiary/aromatic N) is 1. The lowest BCUT2D eigenvalue weighted by Gasteiger charge is -2.22. The minimum absolute atomic E-state index is 0.185. The number of esters is 1. The Balaban J connectivity index is 2.74. The van der Waals surface area contributed by atoms with E-state index in [4.69, 9.17) is 14.9 Å². The molecule has 0 aromatic heterocycles. The Kier molecular flexibility index (Phi) is 9.21. The van der Waals surface area contributed by atoms with Gasteiger partial charge in [-0.3, -0.25) is 5.41 Å². The summed E-state index contributed by atoms with van der Waals surface area (Å²) in [4.78, 5) is 15.5. The predicted octanol–water partition coefficient (Wildman–Crippen LogP) is 4.61. The summed E-state index contributed by atoms with van der Waals surface area (Å²) in [5.41, 5.74) is 1.41. The minimum atomic E-state index is -0.715. The number of carbonyl (C=O) groups is 1.